The van der Waals surface area contributed by atoms with Crippen LogP contribution in [0.3, 0.4) is 0 Å². The second-order valence-electron chi connectivity index (χ2n) is 4.30. The summed E-state index contributed by atoms with van der Waals surface area (Å²) in [6.07, 6.45) is 1.12. The fourth-order valence-electron chi connectivity index (χ4n) is 1.93. The molecule has 0 aromatic heterocycles. The molecule has 15 heavy (non-hydrogen) atoms. The first-order valence-corrected chi connectivity index (χ1v) is 5.17. The Labute approximate surface area is 88.1 Å². The van der Waals surface area contributed by atoms with Gasteiger partial charge in [-0.2, -0.15) is 0 Å². The second-order valence-corrected chi connectivity index (χ2v) is 4.30. The van der Waals surface area contributed by atoms with Crippen LogP contribution in [-0.4, -0.2) is 41.0 Å². The van der Waals surface area contributed by atoms with Crippen LogP contribution < -0.4 is 0 Å². The number of halogens is 2. The topological polar surface area (TPSA) is 40.5 Å². The molecule has 0 aromatic rings. The third-order valence-corrected chi connectivity index (χ3v) is 3.07. The largest absolute Gasteiger partial charge is 0.480 e. The number of carbonyl (C=O) groups is 1. The monoisotopic (exact) mass is 221 g/mol. The average molecular weight is 221 g/mol. The first-order valence-electron chi connectivity index (χ1n) is 5.17. The van der Waals surface area contributed by atoms with Crippen molar-refractivity contribution in [3.05, 3.63) is 0 Å². The van der Waals surface area contributed by atoms with Gasteiger partial charge >= 0.3 is 5.97 Å². The van der Waals surface area contributed by atoms with Gasteiger partial charge in [-0.25, -0.2) is 8.78 Å². The number of rotatable bonds is 3. The molecule has 0 unspecified atom stereocenters. The van der Waals surface area contributed by atoms with E-state index in [0.717, 1.165) is 6.92 Å². The second kappa shape index (κ2) is 4.43. The third-order valence-electron chi connectivity index (χ3n) is 3.07. The number of likely N-dealkylation sites (tertiary alicyclic amines) is 1. The highest BCUT2D eigenvalue weighted by Gasteiger charge is 2.38. The van der Waals surface area contributed by atoms with Gasteiger partial charge in [0.05, 0.1) is 0 Å². The Morgan fingerprint density at radius 1 is 1.60 bits per heavy atom. The van der Waals surface area contributed by atoms with Crippen molar-refractivity contribution >= 4 is 5.97 Å². The maximum absolute atomic E-state index is 13.1. The van der Waals surface area contributed by atoms with Crippen LogP contribution in [0, 0.1) is 5.92 Å². The molecule has 0 spiro atoms. The van der Waals surface area contributed by atoms with Gasteiger partial charge in [0.15, 0.2) is 0 Å². The number of aliphatic carboxylic acids is 1. The number of piperidine rings is 1. The summed E-state index contributed by atoms with van der Waals surface area (Å²) in [7, 11) is 0. The van der Waals surface area contributed by atoms with Crippen LogP contribution in [0.5, 0.6) is 0 Å². The number of alkyl halides is 2. The predicted molar refractivity (Wildman–Crippen MR) is 52.0 cm³/mol. The summed E-state index contributed by atoms with van der Waals surface area (Å²) >= 11 is 0. The smallest absolute Gasteiger partial charge is 0.320 e. The number of nitrogens with zero attached hydrogens (tertiary/aromatic N) is 1. The molecule has 0 saturated carbocycles. The zero-order valence-corrected chi connectivity index (χ0v) is 9.04. The van der Waals surface area contributed by atoms with Gasteiger partial charge in [-0.15, -0.1) is 0 Å². The first kappa shape index (κ1) is 12.4. The Bertz CT molecular complexity index is 240. The van der Waals surface area contributed by atoms with E-state index in [-0.39, 0.29) is 6.54 Å². The van der Waals surface area contributed by atoms with Gasteiger partial charge in [-0.3, -0.25) is 9.69 Å². The van der Waals surface area contributed by atoms with Gasteiger partial charge in [-0.1, -0.05) is 0 Å². The standard InChI is InChI=1S/C10H17F2NO2/c1-7(9(14)15)13-5-3-4-8(6-13)10(2,11)12/h7-8H,3-6H2,1-2H3,(H,14,15)/t7-,8-/m1/s1. The van der Waals surface area contributed by atoms with E-state index in [4.69, 9.17) is 5.11 Å². The molecule has 0 bridgehead atoms. The van der Waals surface area contributed by atoms with E-state index in [1.807, 2.05) is 0 Å². The molecule has 1 saturated heterocycles. The fraction of sp³-hybridized carbons (Fsp3) is 0.900. The molecule has 1 heterocycles. The third kappa shape index (κ3) is 3.12. The molecule has 1 fully saturated rings. The summed E-state index contributed by atoms with van der Waals surface area (Å²) in [6, 6.07) is -0.671. The lowest BCUT2D eigenvalue weighted by atomic mass is 9.92. The Morgan fingerprint density at radius 2 is 2.20 bits per heavy atom. The lowest BCUT2D eigenvalue weighted by Crippen LogP contribution is -2.48. The maximum Gasteiger partial charge on any atom is 0.320 e. The molecule has 0 aliphatic carbocycles. The zero-order valence-electron chi connectivity index (χ0n) is 9.04. The van der Waals surface area contributed by atoms with Crippen LogP contribution in [-0.2, 0) is 4.79 Å². The number of hydrogen-bond acceptors (Lipinski definition) is 2. The Balaban J connectivity index is 2.60. The quantitative estimate of drug-likeness (QED) is 0.790. The van der Waals surface area contributed by atoms with Crippen LogP contribution in [0.15, 0.2) is 0 Å². The average Bonchev–Trinajstić information content (AvgIpc) is 2.15. The molecule has 1 rings (SSSR count). The van der Waals surface area contributed by atoms with E-state index in [1.165, 1.54) is 0 Å². The molecule has 2 atom stereocenters. The van der Waals surface area contributed by atoms with Gasteiger partial charge in [0, 0.05) is 12.5 Å². The predicted octanol–water partition coefficient (Wildman–Crippen LogP) is 1.83. The van der Waals surface area contributed by atoms with Crippen LogP contribution in [0.4, 0.5) is 8.78 Å². The van der Waals surface area contributed by atoms with Crippen molar-refractivity contribution in [2.24, 2.45) is 5.92 Å². The maximum atomic E-state index is 13.1. The first-order chi connectivity index (χ1) is 6.82. The molecule has 1 N–H and O–H groups in total. The highest BCUT2D eigenvalue weighted by molar-refractivity contribution is 5.72. The molecule has 0 aromatic carbocycles. The van der Waals surface area contributed by atoms with Crippen LogP contribution in [0.2, 0.25) is 0 Å². The highest BCUT2D eigenvalue weighted by atomic mass is 19.3. The van der Waals surface area contributed by atoms with Gasteiger partial charge in [-0.05, 0) is 33.2 Å². The minimum Gasteiger partial charge on any atom is -0.480 e. The lowest BCUT2D eigenvalue weighted by molar-refractivity contribution is -0.145. The van der Waals surface area contributed by atoms with E-state index in [0.29, 0.717) is 19.4 Å². The fourth-order valence-corrected chi connectivity index (χ4v) is 1.93. The normalized spacial score (nSPS) is 26.3. The Morgan fingerprint density at radius 3 is 2.67 bits per heavy atom. The van der Waals surface area contributed by atoms with Crippen molar-refractivity contribution < 1.29 is 18.7 Å². The van der Waals surface area contributed by atoms with Crippen molar-refractivity contribution in [2.45, 2.75) is 38.7 Å². The highest BCUT2D eigenvalue weighted by Crippen LogP contribution is 2.32. The van der Waals surface area contributed by atoms with Crippen molar-refractivity contribution in [1.82, 2.24) is 4.90 Å². The van der Waals surface area contributed by atoms with Crippen molar-refractivity contribution in [1.29, 1.82) is 0 Å². The van der Waals surface area contributed by atoms with Crippen LogP contribution >= 0.6 is 0 Å². The van der Waals surface area contributed by atoms with E-state index in [2.05, 4.69) is 0 Å². The molecule has 3 nitrogen and oxygen atoms in total. The Hall–Kier alpha value is -0.710. The minimum atomic E-state index is -2.71. The van der Waals surface area contributed by atoms with E-state index in [9.17, 15) is 13.6 Å². The van der Waals surface area contributed by atoms with Gasteiger partial charge in [0.1, 0.15) is 6.04 Å². The molecule has 5 heteroatoms. The van der Waals surface area contributed by atoms with E-state index in [1.54, 1.807) is 11.8 Å². The summed E-state index contributed by atoms with van der Waals surface area (Å²) in [5, 5.41) is 8.79. The van der Waals surface area contributed by atoms with Gasteiger partial charge in [0.25, 0.3) is 0 Å². The van der Waals surface area contributed by atoms with Crippen LogP contribution in [0.1, 0.15) is 26.7 Å². The molecule has 1 aliphatic rings. The van der Waals surface area contributed by atoms with E-state index >= 15 is 0 Å². The van der Waals surface area contributed by atoms with Crippen molar-refractivity contribution in [3.63, 3.8) is 0 Å². The molecular formula is C10H17F2NO2. The molecule has 0 radical (unpaired) electrons. The van der Waals surface area contributed by atoms with E-state index < -0.39 is 23.9 Å². The van der Waals surface area contributed by atoms with Crippen LogP contribution in [0.25, 0.3) is 0 Å². The summed E-state index contributed by atoms with van der Waals surface area (Å²) in [5.41, 5.74) is 0. The van der Waals surface area contributed by atoms with Crippen molar-refractivity contribution in [2.75, 3.05) is 13.1 Å². The molecular weight excluding hydrogens is 204 g/mol. The number of carboxylic acid groups (broad SMARTS) is 1. The molecule has 0 amide bonds. The summed E-state index contributed by atoms with van der Waals surface area (Å²) in [5.74, 6) is -4.38. The molecule has 1 aliphatic heterocycles. The Kier molecular flexibility index (Phi) is 3.65. The number of carboxylic acids is 1. The summed E-state index contributed by atoms with van der Waals surface area (Å²) in [4.78, 5) is 12.3. The molecule has 88 valence electrons. The van der Waals surface area contributed by atoms with Gasteiger partial charge in [0.2, 0.25) is 5.92 Å². The lowest BCUT2D eigenvalue weighted by Gasteiger charge is -2.37. The SMILES string of the molecule is C[C@H](C(=O)O)N1CCC[C@@H](C(C)(F)F)C1. The van der Waals surface area contributed by atoms with Crippen molar-refractivity contribution in [3.8, 4) is 0 Å². The zero-order chi connectivity index (χ0) is 11.6. The summed E-state index contributed by atoms with van der Waals surface area (Å²) < 4.78 is 26.1. The number of hydrogen-bond donors (Lipinski definition) is 1. The summed E-state index contributed by atoms with van der Waals surface area (Å²) in [6.45, 7) is 3.22. The van der Waals surface area contributed by atoms with Gasteiger partial charge < -0.3 is 5.11 Å². The minimum absolute atomic E-state index is 0.178.